The van der Waals surface area contributed by atoms with Crippen LogP contribution in [0.15, 0.2) is 0 Å². The zero-order valence-electron chi connectivity index (χ0n) is 20.1. The minimum absolute atomic E-state index is 0.00615. The van der Waals surface area contributed by atoms with Gasteiger partial charge in [-0.2, -0.15) is 0 Å². The van der Waals surface area contributed by atoms with E-state index in [1.54, 1.807) is 23.9 Å². The number of likely N-dealkylation sites (N-methyl/N-ethyl adjacent to an activating group) is 4. The van der Waals surface area contributed by atoms with Crippen molar-refractivity contribution in [2.75, 3.05) is 60.9 Å². The predicted molar refractivity (Wildman–Crippen MR) is 118 cm³/mol. The van der Waals surface area contributed by atoms with Crippen molar-refractivity contribution in [3.05, 3.63) is 0 Å². The van der Waals surface area contributed by atoms with Gasteiger partial charge < -0.3 is 14.7 Å². The van der Waals surface area contributed by atoms with Crippen LogP contribution in [0.4, 0.5) is 0 Å². The van der Waals surface area contributed by atoms with Crippen LogP contribution in [0.1, 0.15) is 54.4 Å². The molecule has 0 aliphatic carbocycles. The van der Waals surface area contributed by atoms with Gasteiger partial charge in [-0.1, -0.05) is 34.6 Å². The Bertz CT molecular complexity index is 403. The quantitative estimate of drug-likeness (QED) is 0.498. The number of hydrogen-bond acceptors (Lipinski definition) is 4. The lowest BCUT2D eigenvalue weighted by atomic mass is 10.1. The first kappa shape index (κ1) is 31.1. The van der Waals surface area contributed by atoms with E-state index in [9.17, 15) is 14.4 Å². The molecule has 0 atom stereocenters. The second-order valence-electron chi connectivity index (χ2n) is 7.11. The summed E-state index contributed by atoms with van der Waals surface area (Å²) in [7, 11) is 7.15. The van der Waals surface area contributed by atoms with Crippen LogP contribution in [0.2, 0.25) is 0 Å². The van der Waals surface area contributed by atoms with Gasteiger partial charge in [-0.3, -0.25) is 19.3 Å². The standard InChI is InChI=1S/C11H22N2O2.C8H18N2O.C2H6/c1-10(2)6-5-7-13(4)11(15)8-12(3)9-14;1-5-9(3)7-8(11)10(4)6-2;1-2/h9-10H,5-8H2,1-4H3;5-7H2,1-4H3;1-2H3. The van der Waals surface area contributed by atoms with Crippen molar-refractivity contribution in [1.29, 1.82) is 0 Å². The Morgan fingerprint density at radius 2 is 1.36 bits per heavy atom. The molecule has 7 nitrogen and oxygen atoms in total. The fourth-order valence-corrected chi connectivity index (χ4v) is 1.87. The third-order valence-corrected chi connectivity index (χ3v) is 4.11. The molecule has 0 aromatic heterocycles. The first-order valence-corrected chi connectivity index (χ1v) is 10.4. The van der Waals surface area contributed by atoms with Crippen LogP contribution < -0.4 is 0 Å². The molecule has 0 heterocycles. The fourth-order valence-electron chi connectivity index (χ4n) is 1.87. The number of rotatable bonds is 11. The predicted octanol–water partition coefficient (Wildman–Crippen LogP) is 2.41. The largest absolute Gasteiger partial charge is 0.345 e. The van der Waals surface area contributed by atoms with Gasteiger partial charge in [0.05, 0.1) is 13.1 Å². The first-order valence-electron chi connectivity index (χ1n) is 10.4. The van der Waals surface area contributed by atoms with Gasteiger partial charge >= 0.3 is 0 Å². The van der Waals surface area contributed by atoms with Crippen molar-refractivity contribution in [3.8, 4) is 0 Å². The topological polar surface area (TPSA) is 64.2 Å². The van der Waals surface area contributed by atoms with E-state index in [0.29, 0.717) is 18.9 Å². The van der Waals surface area contributed by atoms with E-state index >= 15 is 0 Å². The third kappa shape index (κ3) is 19.1. The lowest BCUT2D eigenvalue weighted by Gasteiger charge is -2.19. The molecule has 0 aliphatic heterocycles. The van der Waals surface area contributed by atoms with Gasteiger partial charge in [-0.25, -0.2) is 0 Å². The molecule has 0 bridgehead atoms. The van der Waals surface area contributed by atoms with Crippen LogP contribution >= 0.6 is 0 Å². The summed E-state index contributed by atoms with van der Waals surface area (Å²) < 4.78 is 0. The summed E-state index contributed by atoms with van der Waals surface area (Å²) in [6.45, 7) is 15.5. The van der Waals surface area contributed by atoms with Crippen molar-refractivity contribution >= 4 is 18.2 Å². The maximum absolute atomic E-state index is 11.5. The highest BCUT2D eigenvalue weighted by atomic mass is 16.2. The molecule has 28 heavy (non-hydrogen) atoms. The Hall–Kier alpha value is -1.63. The van der Waals surface area contributed by atoms with E-state index in [2.05, 4.69) is 13.8 Å². The van der Waals surface area contributed by atoms with Crippen LogP contribution in [-0.2, 0) is 14.4 Å². The highest BCUT2D eigenvalue weighted by Gasteiger charge is 2.10. The Kier molecular flexibility index (Phi) is 22.3. The molecule has 0 spiro atoms. The highest BCUT2D eigenvalue weighted by Crippen LogP contribution is 2.04. The van der Waals surface area contributed by atoms with Crippen LogP contribution in [0, 0.1) is 5.92 Å². The number of hydrogen-bond donors (Lipinski definition) is 0. The molecule has 0 aliphatic rings. The second-order valence-corrected chi connectivity index (χ2v) is 7.11. The lowest BCUT2D eigenvalue weighted by molar-refractivity contribution is -0.134. The van der Waals surface area contributed by atoms with Crippen LogP contribution in [0.5, 0.6) is 0 Å². The molecular weight excluding hydrogens is 356 g/mol. The molecule has 0 saturated carbocycles. The molecule has 0 N–H and O–H groups in total. The zero-order chi connectivity index (χ0) is 22.7. The molecule has 0 radical (unpaired) electrons. The normalized spacial score (nSPS) is 9.71. The Morgan fingerprint density at radius 1 is 0.857 bits per heavy atom. The van der Waals surface area contributed by atoms with Gasteiger partial charge in [-0.05, 0) is 39.3 Å². The summed E-state index contributed by atoms with van der Waals surface area (Å²) in [5.74, 6) is 0.858. The molecule has 3 amide bonds. The highest BCUT2D eigenvalue weighted by molar-refractivity contribution is 5.79. The molecule has 0 rings (SSSR count). The SMILES string of the molecule is CC.CC(C)CCCN(C)C(=O)CN(C)C=O.CCN(C)CC(=O)N(C)CC. The molecule has 0 aromatic rings. The third-order valence-electron chi connectivity index (χ3n) is 4.11. The van der Waals surface area contributed by atoms with Crippen molar-refractivity contribution in [3.63, 3.8) is 0 Å². The van der Waals surface area contributed by atoms with E-state index in [0.717, 1.165) is 32.5 Å². The zero-order valence-corrected chi connectivity index (χ0v) is 20.1. The summed E-state index contributed by atoms with van der Waals surface area (Å²) in [6, 6.07) is 0. The molecule has 0 aromatic carbocycles. The Morgan fingerprint density at radius 3 is 1.75 bits per heavy atom. The van der Waals surface area contributed by atoms with Gasteiger partial charge in [0.1, 0.15) is 0 Å². The van der Waals surface area contributed by atoms with Crippen molar-refractivity contribution < 1.29 is 14.4 Å². The van der Waals surface area contributed by atoms with E-state index in [-0.39, 0.29) is 18.4 Å². The number of carbonyl (C=O) groups is 3. The average molecular weight is 403 g/mol. The van der Waals surface area contributed by atoms with Crippen LogP contribution in [-0.4, -0.2) is 98.7 Å². The van der Waals surface area contributed by atoms with Gasteiger partial charge in [0.2, 0.25) is 18.2 Å². The van der Waals surface area contributed by atoms with E-state index < -0.39 is 0 Å². The van der Waals surface area contributed by atoms with E-state index in [1.165, 1.54) is 4.90 Å². The van der Waals surface area contributed by atoms with Crippen LogP contribution in [0.3, 0.4) is 0 Å². The first-order chi connectivity index (χ1) is 13.1. The molecule has 0 fully saturated rings. The van der Waals surface area contributed by atoms with Crippen molar-refractivity contribution in [2.24, 2.45) is 5.92 Å². The minimum atomic E-state index is -0.00615. The monoisotopic (exact) mass is 402 g/mol. The van der Waals surface area contributed by atoms with E-state index in [1.807, 2.05) is 46.7 Å². The maximum Gasteiger partial charge on any atom is 0.241 e. The molecular formula is C21H46N4O3. The molecule has 0 saturated heterocycles. The molecule has 7 heteroatoms. The summed E-state index contributed by atoms with van der Waals surface area (Å²) in [4.78, 5) is 39.8. The summed E-state index contributed by atoms with van der Waals surface area (Å²) in [6.07, 6.45) is 2.81. The van der Waals surface area contributed by atoms with Gasteiger partial charge in [0.15, 0.2) is 0 Å². The van der Waals surface area contributed by atoms with Crippen molar-refractivity contribution in [2.45, 2.75) is 54.4 Å². The Labute approximate surface area is 174 Å². The van der Waals surface area contributed by atoms with Gasteiger partial charge in [0, 0.05) is 34.2 Å². The van der Waals surface area contributed by atoms with Crippen molar-refractivity contribution in [1.82, 2.24) is 19.6 Å². The second kappa shape index (κ2) is 20.1. The molecule has 168 valence electrons. The minimum Gasteiger partial charge on any atom is -0.345 e. The number of carbonyl (C=O) groups excluding carboxylic acids is 3. The summed E-state index contributed by atoms with van der Waals surface area (Å²) >= 11 is 0. The van der Waals surface area contributed by atoms with Crippen LogP contribution in [0.25, 0.3) is 0 Å². The lowest BCUT2D eigenvalue weighted by Crippen LogP contribution is -2.36. The maximum atomic E-state index is 11.5. The number of amides is 3. The molecule has 0 unspecified atom stereocenters. The average Bonchev–Trinajstić information content (AvgIpc) is 2.68. The summed E-state index contributed by atoms with van der Waals surface area (Å²) in [5, 5.41) is 0. The van der Waals surface area contributed by atoms with Gasteiger partial charge in [-0.15, -0.1) is 0 Å². The smallest absolute Gasteiger partial charge is 0.241 e. The van der Waals surface area contributed by atoms with E-state index in [4.69, 9.17) is 0 Å². The summed E-state index contributed by atoms with van der Waals surface area (Å²) in [5.41, 5.74) is 0. The number of nitrogens with zero attached hydrogens (tertiary/aromatic N) is 4. The van der Waals surface area contributed by atoms with Gasteiger partial charge in [0.25, 0.3) is 0 Å². The Balaban J connectivity index is -0.000000426. The fraction of sp³-hybridized carbons (Fsp3) is 0.857.